The van der Waals surface area contributed by atoms with Crippen molar-refractivity contribution in [2.24, 2.45) is 23.2 Å². The molecule has 0 radical (unpaired) electrons. The lowest BCUT2D eigenvalue weighted by atomic mass is 9.31. The first-order valence-electron chi connectivity index (χ1n) is 11.8. The van der Waals surface area contributed by atoms with Gasteiger partial charge in [0.05, 0.1) is 19.6 Å². The van der Waals surface area contributed by atoms with E-state index in [4.69, 9.17) is 4.74 Å². The average molecular weight is 427 g/mol. The second-order valence-electron chi connectivity index (χ2n) is 10.9. The molecule has 6 heteroatoms. The molecule has 4 aliphatic carbocycles. The van der Waals surface area contributed by atoms with E-state index in [0.29, 0.717) is 17.9 Å². The Kier molecular flexibility index (Phi) is 4.15. The first-order valence-corrected chi connectivity index (χ1v) is 11.8. The molecular formula is C25H31FN2O3. The molecule has 1 aromatic carbocycles. The minimum absolute atomic E-state index is 0.0366. The van der Waals surface area contributed by atoms with E-state index in [1.165, 1.54) is 25.5 Å². The summed E-state index contributed by atoms with van der Waals surface area (Å²) in [5, 5.41) is 3.49. The summed E-state index contributed by atoms with van der Waals surface area (Å²) in [6.45, 7) is 1.92. The summed E-state index contributed by atoms with van der Waals surface area (Å²) in [5.41, 5.74) is 1.62. The summed E-state index contributed by atoms with van der Waals surface area (Å²) in [5.74, 6) is 1.24. The second-order valence-corrected chi connectivity index (χ2v) is 10.9. The number of fused-ring (bicyclic) bond motifs is 1. The number of carbonyl (C=O) groups is 2. The number of benzene rings is 1. The molecule has 5 aliphatic rings. The fraction of sp³-hybridized carbons (Fsp3) is 0.680. The van der Waals surface area contributed by atoms with E-state index >= 15 is 0 Å². The molecule has 5 nitrogen and oxygen atoms in total. The molecule has 5 unspecified atom stereocenters. The molecule has 166 valence electrons. The molecule has 1 aliphatic heterocycles. The summed E-state index contributed by atoms with van der Waals surface area (Å²) in [7, 11) is 1.44. The highest BCUT2D eigenvalue weighted by Gasteiger charge is 2.84. The molecule has 0 aromatic heterocycles. The second kappa shape index (κ2) is 6.53. The van der Waals surface area contributed by atoms with Crippen LogP contribution in [0.2, 0.25) is 0 Å². The zero-order valence-electron chi connectivity index (χ0n) is 18.2. The van der Waals surface area contributed by atoms with E-state index in [1.54, 1.807) is 12.1 Å². The Balaban J connectivity index is 1.14. The number of nitrogens with zero attached hydrogens (tertiary/aromatic N) is 1. The number of halogens is 1. The maximum atomic E-state index is 13.6. The van der Waals surface area contributed by atoms with Crippen molar-refractivity contribution < 1.29 is 18.7 Å². The minimum Gasteiger partial charge on any atom is -0.469 e. The van der Waals surface area contributed by atoms with Crippen LogP contribution in [0.3, 0.4) is 0 Å². The van der Waals surface area contributed by atoms with Crippen molar-refractivity contribution in [3.63, 3.8) is 0 Å². The number of amides is 1. The van der Waals surface area contributed by atoms with Gasteiger partial charge in [0.2, 0.25) is 5.91 Å². The van der Waals surface area contributed by atoms with Gasteiger partial charge in [0, 0.05) is 11.0 Å². The molecule has 1 N–H and O–H groups in total. The number of nitrogens with one attached hydrogen (secondary N) is 1. The maximum absolute atomic E-state index is 13.6. The van der Waals surface area contributed by atoms with Gasteiger partial charge in [-0.1, -0.05) is 12.1 Å². The Labute approximate surface area is 182 Å². The molecule has 1 spiro atoms. The van der Waals surface area contributed by atoms with Gasteiger partial charge in [0.15, 0.2) is 0 Å². The Morgan fingerprint density at radius 2 is 1.84 bits per heavy atom. The van der Waals surface area contributed by atoms with Crippen LogP contribution in [0.4, 0.5) is 4.39 Å². The lowest BCUT2D eigenvalue weighted by Crippen LogP contribution is -2.69. The van der Waals surface area contributed by atoms with Crippen LogP contribution >= 0.6 is 0 Å². The van der Waals surface area contributed by atoms with E-state index in [1.807, 2.05) is 12.1 Å². The molecule has 6 rings (SSSR count). The largest absolute Gasteiger partial charge is 0.469 e. The lowest BCUT2D eigenvalue weighted by molar-refractivity contribution is -0.199. The maximum Gasteiger partial charge on any atom is 0.308 e. The smallest absolute Gasteiger partial charge is 0.308 e. The third-order valence-electron chi connectivity index (χ3n) is 9.71. The minimum atomic E-state index is -0.180. The third kappa shape index (κ3) is 2.57. The first kappa shape index (κ1) is 19.7. The number of methoxy groups -OCH3 is 1. The van der Waals surface area contributed by atoms with Crippen molar-refractivity contribution in [3.05, 3.63) is 35.6 Å². The van der Waals surface area contributed by atoms with Crippen molar-refractivity contribution >= 4 is 11.9 Å². The van der Waals surface area contributed by atoms with Crippen LogP contribution in [-0.2, 0) is 19.7 Å². The van der Waals surface area contributed by atoms with Crippen molar-refractivity contribution in [1.82, 2.24) is 10.2 Å². The van der Waals surface area contributed by atoms with Gasteiger partial charge < -0.3 is 10.1 Å². The predicted molar refractivity (Wildman–Crippen MR) is 113 cm³/mol. The summed E-state index contributed by atoms with van der Waals surface area (Å²) in [4.78, 5) is 27.0. The zero-order valence-corrected chi connectivity index (χ0v) is 18.2. The Hall–Kier alpha value is -1.95. The highest BCUT2D eigenvalue weighted by molar-refractivity contribution is 5.79. The van der Waals surface area contributed by atoms with Gasteiger partial charge in [-0.05, 0) is 93.0 Å². The number of ether oxygens (including phenoxy) is 1. The van der Waals surface area contributed by atoms with Crippen molar-refractivity contribution in [1.29, 1.82) is 0 Å². The van der Waals surface area contributed by atoms with Crippen LogP contribution in [0, 0.1) is 29.0 Å². The number of likely N-dealkylation sites (tertiary alicyclic amines) is 1. The molecule has 1 saturated heterocycles. The average Bonchev–Trinajstić information content (AvgIpc) is 3.19. The van der Waals surface area contributed by atoms with Crippen LogP contribution in [0.5, 0.6) is 0 Å². The molecule has 1 aromatic rings. The van der Waals surface area contributed by atoms with Crippen molar-refractivity contribution in [3.8, 4) is 0 Å². The topological polar surface area (TPSA) is 58.6 Å². The molecule has 1 heterocycles. The van der Waals surface area contributed by atoms with Crippen molar-refractivity contribution in [2.75, 3.05) is 26.7 Å². The molecule has 5 fully saturated rings. The van der Waals surface area contributed by atoms with Gasteiger partial charge in [0.1, 0.15) is 5.82 Å². The van der Waals surface area contributed by atoms with Gasteiger partial charge in [-0.25, -0.2) is 4.39 Å². The highest BCUT2D eigenvalue weighted by Crippen LogP contribution is 2.87. The molecule has 5 atom stereocenters. The number of esters is 1. The fourth-order valence-electron chi connectivity index (χ4n) is 8.67. The highest BCUT2D eigenvalue weighted by atomic mass is 19.1. The number of rotatable bonds is 5. The van der Waals surface area contributed by atoms with E-state index in [9.17, 15) is 14.0 Å². The standard InChI is InChI=1S/C25H31FN2O3/c1-31-22(30)16-6-8-28(9-7-16)13-21(29)27-23-11-18-10-19-12-24(14-23,25(18,19)15-23)17-2-4-20(26)5-3-17/h2-5,16,18-19H,6-15H2,1H3,(H,27,29). The summed E-state index contributed by atoms with van der Waals surface area (Å²) < 4.78 is 18.4. The lowest BCUT2D eigenvalue weighted by Gasteiger charge is -2.73. The van der Waals surface area contributed by atoms with Gasteiger partial charge in [0.25, 0.3) is 0 Å². The number of hydrogen-bond acceptors (Lipinski definition) is 4. The Bertz CT molecular complexity index is 927. The van der Waals surface area contributed by atoms with E-state index < -0.39 is 0 Å². The van der Waals surface area contributed by atoms with E-state index in [-0.39, 0.29) is 34.6 Å². The van der Waals surface area contributed by atoms with E-state index in [0.717, 1.165) is 51.1 Å². The van der Waals surface area contributed by atoms with Gasteiger partial charge in [-0.2, -0.15) is 0 Å². The fourth-order valence-corrected chi connectivity index (χ4v) is 8.67. The molecule has 4 saturated carbocycles. The van der Waals surface area contributed by atoms with Gasteiger partial charge >= 0.3 is 5.97 Å². The number of piperidine rings is 1. The van der Waals surface area contributed by atoms with Crippen LogP contribution in [0.25, 0.3) is 0 Å². The van der Waals surface area contributed by atoms with Crippen LogP contribution < -0.4 is 5.32 Å². The SMILES string of the molecule is COC(=O)C1CCN(CC(=O)NC23CC4CC5CC(c6ccc(F)cc6)(C2)C45C3)CC1. The Morgan fingerprint density at radius 1 is 1.13 bits per heavy atom. The molecular weight excluding hydrogens is 395 g/mol. The number of carbonyl (C=O) groups excluding carboxylic acids is 2. The zero-order chi connectivity index (χ0) is 21.4. The summed E-state index contributed by atoms with van der Waals surface area (Å²) in [6, 6.07) is 7.16. The number of hydrogen-bond donors (Lipinski definition) is 1. The molecule has 31 heavy (non-hydrogen) atoms. The van der Waals surface area contributed by atoms with Gasteiger partial charge in [-0.3, -0.25) is 14.5 Å². The van der Waals surface area contributed by atoms with Crippen LogP contribution in [-0.4, -0.2) is 49.1 Å². The quantitative estimate of drug-likeness (QED) is 0.736. The molecule has 2 bridgehead atoms. The first-order chi connectivity index (χ1) is 14.9. The predicted octanol–water partition coefficient (Wildman–Crippen LogP) is 3.03. The van der Waals surface area contributed by atoms with Crippen LogP contribution in [0.1, 0.15) is 50.5 Å². The van der Waals surface area contributed by atoms with Crippen LogP contribution in [0.15, 0.2) is 24.3 Å². The summed E-state index contributed by atoms with van der Waals surface area (Å²) in [6.07, 6.45) is 7.17. The normalized spacial score (nSPS) is 40.6. The van der Waals surface area contributed by atoms with Gasteiger partial charge in [-0.15, -0.1) is 0 Å². The Morgan fingerprint density at radius 3 is 2.52 bits per heavy atom. The van der Waals surface area contributed by atoms with Crippen molar-refractivity contribution in [2.45, 2.75) is 55.9 Å². The summed E-state index contributed by atoms with van der Waals surface area (Å²) >= 11 is 0. The third-order valence-corrected chi connectivity index (χ3v) is 9.71. The molecule has 1 amide bonds. The van der Waals surface area contributed by atoms with E-state index in [2.05, 4.69) is 10.2 Å². The monoisotopic (exact) mass is 426 g/mol.